The van der Waals surface area contributed by atoms with Gasteiger partial charge in [0.15, 0.2) is 5.78 Å². The molecule has 0 radical (unpaired) electrons. The minimum Gasteiger partial charge on any atom is -0.293 e. The molecule has 90 valence electrons. The molecule has 17 heavy (non-hydrogen) atoms. The molecule has 0 aliphatic heterocycles. The van der Waals surface area contributed by atoms with Gasteiger partial charge in [0.05, 0.1) is 11.9 Å². The molecule has 0 atom stereocenters. The number of carbonyl (C=O) groups excluding carboxylic acids is 1. The normalized spacial score (nSPS) is 10.8. The summed E-state index contributed by atoms with van der Waals surface area (Å²) in [7, 11) is 1.87. The van der Waals surface area contributed by atoms with Gasteiger partial charge in [-0.1, -0.05) is 0 Å². The maximum absolute atomic E-state index is 12.0. The third kappa shape index (κ3) is 2.98. The minimum atomic E-state index is 0.195. The zero-order valence-corrected chi connectivity index (χ0v) is 11.7. The lowest BCUT2D eigenvalue weighted by atomic mass is 10.2. The number of Topliss-reactive ketones (excluding diaryl/α,β-unsaturated/α-hetero) is 1. The fraction of sp³-hybridized carbons (Fsp3) is 0.333. The smallest absolute Gasteiger partial charge is 0.174 e. The SMILES string of the molecule is Cc1cc(C(=O)CSc2cnn(C)c2)c(C)s1. The van der Waals surface area contributed by atoms with Gasteiger partial charge >= 0.3 is 0 Å². The molecular formula is C12H14N2OS2. The predicted molar refractivity (Wildman–Crippen MR) is 72.1 cm³/mol. The molecule has 0 bridgehead atoms. The summed E-state index contributed by atoms with van der Waals surface area (Å²) in [5, 5.41) is 4.08. The Morgan fingerprint density at radius 2 is 2.29 bits per heavy atom. The molecule has 0 aliphatic rings. The standard InChI is InChI=1S/C12H14N2OS2/c1-8-4-11(9(2)17-8)12(15)7-16-10-5-13-14(3)6-10/h4-6H,7H2,1-3H3. The van der Waals surface area contributed by atoms with Gasteiger partial charge in [-0.3, -0.25) is 9.48 Å². The lowest BCUT2D eigenvalue weighted by Crippen LogP contribution is -2.01. The summed E-state index contributed by atoms with van der Waals surface area (Å²) in [6, 6.07) is 1.98. The van der Waals surface area contributed by atoms with Gasteiger partial charge in [0.25, 0.3) is 0 Å². The van der Waals surface area contributed by atoms with Crippen molar-refractivity contribution in [2.24, 2.45) is 7.05 Å². The molecule has 5 heteroatoms. The van der Waals surface area contributed by atoms with Gasteiger partial charge in [0, 0.05) is 33.5 Å². The van der Waals surface area contributed by atoms with Crippen LogP contribution in [0.4, 0.5) is 0 Å². The van der Waals surface area contributed by atoms with Crippen molar-refractivity contribution < 1.29 is 4.79 Å². The second kappa shape index (κ2) is 5.06. The average Bonchev–Trinajstić information content (AvgIpc) is 2.81. The number of rotatable bonds is 4. The van der Waals surface area contributed by atoms with Crippen LogP contribution in [0.5, 0.6) is 0 Å². The van der Waals surface area contributed by atoms with Crippen LogP contribution >= 0.6 is 23.1 Å². The van der Waals surface area contributed by atoms with Crippen molar-refractivity contribution in [2.75, 3.05) is 5.75 Å². The van der Waals surface area contributed by atoms with E-state index in [2.05, 4.69) is 5.10 Å². The third-order valence-electron chi connectivity index (χ3n) is 2.39. The molecule has 0 fully saturated rings. The van der Waals surface area contributed by atoms with E-state index in [-0.39, 0.29) is 5.78 Å². The third-order valence-corrected chi connectivity index (χ3v) is 4.31. The number of nitrogens with zero attached hydrogens (tertiary/aromatic N) is 2. The topological polar surface area (TPSA) is 34.9 Å². The average molecular weight is 266 g/mol. The van der Waals surface area contributed by atoms with Crippen molar-refractivity contribution in [3.8, 4) is 0 Å². The first kappa shape index (κ1) is 12.4. The number of ketones is 1. The molecular weight excluding hydrogens is 252 g/mol. The van der Waals surface area contributed by atoms with Crippen LogP contribution in [0, 0.1) is 13.8 Å². The molecule has 3 nitrogen and oxygen atoms in total. The van der Waals surface area contributed by atoms with E-state index in [0.29, 0.717) is 5.75 Å². The number of hydrogen-bond donors (Lipinski definition) is 0. The zero-order chi connectivity index (χ0) is 12.4. The van der Waals surface area contributed by atoms with Crippen molar-refractivity contribution in [1.29, 1.82) is 0 Å². The van der Waals surface area contributed by atoms with E-state index in [0.717, 1.165) is 15.3 Å². The van der Waals surface area contributed by atoms with Crippen molar-refractivity contribution in [3.63, 3.8) is 0 Å². The van der Waals surface area contributed by atoms with Crippen LogP contribution < -0.4 is 0 Å². The summed E-state index contributed by atoms with van der Waals surface area (Å²) in [6.45, 7) is 4.03. The van der Waals surface area contributed by atoms with Crippen molar-refractivity contribution in [1.82, 2.24) is 9.78 Å². The van der Waals surface area contributed by atoms with Gasteiger partial charge < -0.3 is 0 Å². The van der Waals surface area contributed by atoms with Crippen molar-refractivity contribution in [2.45, 2.75) is 18.7 Å². The van der Waals surface area contributed by atoms with E-state index in [1.54, 1.807) is 22.2 Å². The summed E-state index contributed by atoms with van der Waals surface area (Å²) in [5.41, 5.74) is 0.865. The lowest BCUT2D eigenvalue weighted by molar-refractivity contribution is 0.102. The lowest BCUT2D eigenvalue weighted by Gasteiger charge is -1.98. The van der Waals surface area contributed by atoms with Crippen LogP contribution in [-0.4, -0.2) is 21.3 Å². The predicted octanol–water partition coefficient (Wildman–Crippen LogP) is 3.07. The fourth-order valence-corrected chi connectivity index (χ4v) is 3.35. The monoisotopic (exact) mass is 266 g/mol. The molecule has 0 aliphatic carbocycles. The molecule has 0 aromatic carbocycles. The Labute approximate surface area is 109 Å². The number of aromatic nitrogens is 2. The molecule has 2 rings (SSSR count). The molecule has 0 saturated heterocycles. The minimum absolute atomic E-state index is 0.195. The highest BCUT2D eigenvalue weighted by molar-refractivity contribution is 8.00. The quantitative estimate of drug-likeness (QED) is 0.630. The highest BCUT2D eigenvalue weighted by atomic mass is 32.2. The van der Waals surface area contributed by atoms with E-state index in [9.17, 15) is 4.79 Å². The Morgan fingerprint density at radius 3 is 2.82 bits per heavy atom. The second-order valence-electron chi connectivity index (χ2n) is 3.89. The van der Waals surface area contributed by atoms with E-state index in [1.807, 2.05) is 33.2 Å². The fourth-order valence-electron chi connectivity index (χ4n) is 1.61. The van der Waals surface area contributed by atoms with Gasteiger partial charge in [-0.15, -0.1) is 23.1 Å². The maximum Gasteiger partial charge on any atom is 0.174 e. The molecule has 0 saturated carbocycles. The van der Waals surface area contributed by atoms with E-state index in [1.165, 1.54) is 16.6 Å². The number of hydrogen-bond acceptors (Lipinski definition) is 4. The van der Waals surface area contributed by atoms with E-state index in [4.69, 9.17) is 0 Å². The Kier molecular flexibility index (Phi) is 3.69. The number of thiophene rings is 1. The summed E-state index contributed by atoms with van der Waals surface area (Å²) in [6.07, 6.45) is 3.70. The van der Waals surface area contributed by atoms with E-state index >= 15 is 0 Å². The van der Waals surface area contributed by atoms with Crippen LogP contribution in [0.25, 0.3) is 0 Å². The van der Waals surface area contributed by atoms with Gasteiger partial charge in [-0.05, 0) is 19.9 Å². The van der Waals surface area contributed by atoms with Crippen molar-refractivity contribution in [3.05, 3.63) is 33.8 Å². The van der Waals surface area contributed by atoms with Crippen LogP contribution in [0.2, 0.25) is 0 Å². The van der Waals surface area contributed by atoms with Gasteiger partial charge in [-0.25, -0.2) is 0 Å². The highest BCUT2D eigenvalue weighted by Gasteiger charge is 2.12. The van der Waals surface area contributed by atoms with Crippen LogP contribution in [0.3, 0.4) is 0 Å². The first-order chi connectivity index (χ1) is 8.06. The first-order valence-corrected chi connectivity index (χ1v) is 7.08. The number of aryl methyl sites for hydroxylation is 3. The zero-order valence-electron chi connectivity index (χ0n) is 10.1. The summed E-state index contributed by atoms with van der Waals surface area (Å²) in [4.78, 5) is 15.4. The molecule has 2 heterocycles. The highest BCUT2D eigenvalue weighted by Crippen LogP contribution is 2.24. The summed E-state index contributed by atoms with van der Waals surface area (Å²) >= 11 is 3.21. The number of thioether (sulfide) groups is 1. The molecule has 2 aromatic heterocycles. The second-order valence-corrected chi connectivity index (χ2v) is 6.40. The van der Waals surface area contributed by atoms with Crippen LogP contribution in [0.15, 0.2) is 23.4 Å². The molecule has 2 aromatic rings. The Hall–Kier alpha value is -1.07. The molecule has 0 unspecified atom stereocenters. The molecule has 0 amide bonds. The van der Waals surface area contributed by atoms with Gasteiger partial charge in [0.2, 0.25) is 0 Å². The molecule has 0 spiro atoms. The number of carbonyl (C=O) groups is 1. The van der Waals surface area contributed by atoms with E-state index < -0.39 is 0 Å². The Morgan fingerprint density at radius 1 is 1.53 bits per heavy atom. The van der Waals surface area contributed by atoms with Crippen molar-refractivity contribution >= 4 is 28.9 Å². The Balaban J connectivity index is 2.00. The van der Waals surface area contributed by atoms with Gasteiger partial charge in [-0.2, -0.15) is 5.10 Å². The molecule has 0 N–H and O–H groups in total. The van der Waals surface area contributed by atoms with Crippen LogP contribution in [-0.2, 0) is 7.05 Å². The maximum atomic E-state index is 12.0. The van der Waals surface area contributed by atoms with Crippen LogP contribution in [0.1, 0.15) is 20.1 Å². The van der Waals surface area contributed by atoms with Gasteiger partial charge in [0.1, 0.15) is 0 Å². The summed E-state index contributed by atoms with van der Waals surface area (Å²) < 4.78 is 1.74. The Bertz CT molecular complexity index is 542. The largest absolute Gasteiger partial charge is 0.293 e. The summed E-state index contributed by atoms with van der Waals surface area (Å²) in [5.74, 6) is 0.670. The first-order valence-electron chi connectivity index (χ1n) is 5.28.